The molecular weight excluding hydrogens is 386 g/mol. The van der Waals surface area contributed by atoms with E-state index in [0.29, 0.717) is 29.1 Å². The number of carbonyl (C=O) groups is 4. The zero-order chi connectivity index (χ0) is 21.3. The predicted octanol–water partition coefficient (Wildman–Crippen LogP) is 2.46. The highest BCUT2D eigenvalue weighted by molar-refractivity contribution is 6.18. The van der Waals surface area contributed by atoms with Gasteiger partial charge in [0.15, 0.2) is 0 Å². The molecule has 2 aromatic rings. The van der Waals surface area contributed by atoms with Gasteiger partial charge in [0, 0.05) is 18.5 Å². The van der Waals surface area contributed by atoms with Crippen molar-refractivity contribution in [2.75, 3.05) is 16.8 Å². The van der Waals surface area contributed by atoms with Crippen molar-refractivity contribution in [2.24, 2.45) is 0 Å². The molecule has 4 rings (SSSR count). The molecule has 0 spiro atoms. The summed E-state index contributed by atoms with van der Waals surface area (Å²) in [6.07, 6.45) is 1.04. The lowest BCUT2D eigenvalue weighted by atomic mass is 9.98. The normalized spacial score (nSPS) is 19.6. The van der Waals surface area contributed by atoms with Crippen LogP contribution >= 0.6 is 0 Å². The Balaban J connectivity index is 1.58. The van der Waals surface area contributed by atoms with E-state index in [1.807, 2.05) is 6.92 Å². The molecule has 0 radical (unpaired) electrons. The molecule has 3 amide bonds. The fourth-order valence-electron chi connectivity index (χ4n) is 3.77. The van der Waals surface area contributed by atoms with Crippen molar-refractivity contribution in [1.29, 1.82) is 0 Å². The van der Waals surface area contributed by atoms with Crippen molar-refractivity contribution in [1.82, 2.24) is 5.32 Å². The van der Waals surface area contributed by atoms with Gasteiger partial charge in [-0.25, -0.2) is 4.79 Å². The molecule has 2 aliphatic heterocycles. The van der Waals surface area contributed by atoms with Crippen LogP contribution in [0.2, 0.25) is 0 Å². The summed E-state index contributed by atoms with van der Waals surface area (Å²) in [5, 5.41) is 5.49. The van der Waals surface area contributed by atoms with Gasteiger partial charge in [-0.2, -0.15) is 0 Å². The molecule has 1 atom stereocenters. The summed E-state index contributed by atoms with van der Waals surface area (Å²) in [7, 11) is 0. The first-order chi connectivity index (χ1) is 14.5. The van der Waals surface area contributed by atoms with Crippen LogP contribution in [0.1, 0.15) is 46.9 Å². The van der Waals surface area contributed by atoms with Crippen molar-refractivity contribution in [2.45, 2.75) is 31.8 Å². The van der Waals surface area contributed by atoms with E-state index in [2.05, 4.69) is 10.6 Å². The largest absolute Gasteiger partial charge is 0.462 e. The van der Waals surface area contributed by atoms with E-state index in [0.717, 1.165) is 6.42 Å². The van der Waals surface area contributed by atoms with Crippen molar-refractivity contribution >= 4 is 35.1 Å². The van der Waals surface area contributed by atoms with Gasteiger partial charge in [-0.1, -0.05) is 19.1 Å². The van der Waals surface area contributed by atoms with Gasteiger partial charge in [-0.15, -0.1) is 0 Å². The highest BCUT2D eigenvalue weighted by atomic mass is 16.5. The molecule has 0 aromatic heterocycles. The first-order valence-corrected chi connectivity index (χ1v) is 9.79. The number of rotatable bonds is 5. The van der Waals surface area contributed by atoms with E-state index in [-0.39, 0.29) is 18.7 Å². The monoisotopic (exact) mass is 407 g/mol. The van der Waals surface area contributed by atoms with E-state index >= 15 is 0 Å². The molecule has 1 unspecified atom stereocenters. The third kappa shape index (κ3) is 3.20. The van der Waals surface area contributed by atoms with Crippen molar-refractivity contribution < 1.29 is 23.9 Å². The average molecular weight is 407 g/mol. The number of anilines is 2. The van der Waals surface area contributed by atoms with Crippen LogP contribution in [-0.2, 0) is 14.3 Å². The zero-order valence-corrected chi connectivity index (χ0v) is 16.4. The van der Waals surface area contributed by atoms with Crippen LogP contribution in [0.5, 0.6) is 0 Å². The number of ether oxygens (including phenoxy) is 1. The summed E-state index contributed by atoms with van der Waals surface area (Å²) in [5.41, 5.74) is 0.103. The second-order valence-electron chi connectivity index (χ2n) is 7.23. The van der Waals surface area contributed by atoms with Gasteiger partial charge >= 0.3 is 5.97 Å². The van der Waals surface area contributed by atoms with Crippen molar-refractivity contribution in [3.63, 3.8) is 0 Å². The molecule has 1 fully saturated rings. The maximum absolute atomic E-state index is 13.2. The Bertz CT molecular complexity index is 1030. The number of esters is 1. The first kappa shape index (κ1) is 19.6. The third-order valence-electron chi connectivity index (χ3n) is 5.23. The van der Waals surface area contributed by atoms with Crippen LogP contribution in [0.25, 0.3) is 0 Å². The lowest BCUT2D eigenvalue weighted by molar-refractivity contribution is -0.124. The molecule has 2 N–H and O–H groups in total. The molecule has 2 aliphatic rings. The van der Waals surface area contributed by atoms with Gasteiger partial charge < -0.3 is 15.4 Å². The summed E-state index contributed by atoms with van der Waals surface area (Å²) in [4.78, 5) is 51.7. The number of fused-ring (bicyclic) bond motifs is 3. The number of nitrogens with one attached hydrogen (secondary N) is 2. The van der Waals surface area contributed by atoms with Gasteiger partial charge in [0.1, 0.15) is 0 Å². The second kappa shape index (κ2) is 7.62. The Hall–Kier alpha value is -3.68. The Labute approximate surface area is 173 Å². The molecule has 154 valence electrons. The Morgan fingerprint density at radius 2 is 1.87 bits per heavy atom. The minimum absolute atomic E-state index is 0.143. The molecule has 1 saturated heterocycles. The highest BCUT2D eigenvalue weighted by Crippen LogP contribution is 2.39. The van der Waals surface area contributed by atoms with Crippen LogP contribution < -0.4 is 15.5 Å². The van der Waals surface area contributed by atoms with Gasteiger partial charge in [0.05, 0.1) is 23.4 Å². The second-order valence-corrected chi connectivity index (χ2v) is 7.23. The molecule has 0 bridgehead atoms. The number of para-hydroxylation sites is 1. The SMILES string of the molecule is CCCOC(=O)c1ccc(NC(=O)C23CCC(=O)N2c2ccccc2C(=O)N3)cc1. The lowest BCUT2D eigenvalue weighted by Gasteiger charge is -2.41. The zero-order valence-electron chi connectivity index (χ0n) is 16.4. The number of benzene rings is 2. The van der Waals surface area contributed by atoms with Crippen LogP contribution in [-0.4, -0.2) is 36.0 Å². The van der Waals surface area contributed by atoms with E-state index in [1.165, 1.54) is 4.90 Å². The minimum atomic E-state index is -1.48. The topological polar surface area (TPSA) is 105 Å². The van der Waals surface area contributed by atoms with E-state index in [1.54, 1.807) is 48.5 Å². The predicted molar refractivity (Wildman–Crippen MR) is 109 cm³/mol. The summed E-state index contributed by atoms with van der Waals surface area (Å²) in [6.45, 7) is 2.25. The number of amides is 3. The minimum Gasteiger partial charge on any atom is -0.462 e. The molecule has 2 aromatic carbocycles. The molecular formula is C22H21N3O5. The van der Waals surface area contributed by atoms with Crippen LogP contribution in [0, 0.1) is 0 Å². The number of carbonyl (C=O) groups excluding carboxylic acids is 4. The van der Waals surface area contributed by atoms with Gasteiger partial charge in [-0.3, -0.25) is 19.3 Å². The molecule has 0 saturated carbocycles. The van der Waals surface area contributed by atoms with Gasteiger partial charge in [0.2, 0.25) is 11.6 Å². The molecule has 2 heterocycles. The Morgan fingerprint density at radius 3 is 2.60 bits per heavy atom. The molecule has 8 heteroatoms. The maximum Gasteiger partial charge on any atom is 0.338 e. The summed E-state index contributed by atoms with van der Waals surface area (Å²) in [6, 6.07) is 13.0. The quantitative estimate of drug-likeness (QED) is 0.741. The van der Waals surface area contributed by atoms with Gasteiger partial charge in [0.25, 0.3) is 11.8 Å². The first-order valence-electron chi connectivity index (χ1n) is 9.79. The summed E-state index contributed by atoms with van der Waals surface area (Å²) < 4.78 is 5.09. The van der Waals surface area contributed by atoms with Crippen molar-refractivity contribution in [3.8, 4) is 0 Å². The fourth-order valence-corrected chi connectivity index (χ4v) is 3.77. The molecule has 0 aliphatic carbocycles. The highest BCUT2D eigenvalue weighted by Gasteiger charge is 2.56. The summed E-state index contributed by atoms with van der Waals surface area (Å²) in [5.74, 6) is -1.58. The number of nitrogens with zero attached hydrogens (tertiary/aromatic N) is 1. The molecule has 30 heavy (non-hydrogen) atoms. The van der Waals surface area contributed by atoms with Crippen LogP contribution in [0.3, 0.4) is 0 Å². The third-order valence-corrected chi connectivity index (χ3v) is 5.23. The van der Waals surface area contributed by atoms with Crippen molar-refractivity contribution in [3.05, 3.63) is 59.7 Å². The van der Waals surface area contributed by atoms with E-state index in [4.69, 9.17) is 4.74 Å². The maximum atomic E-state index is 13.2. The average Bonchev–Trinajstić information content (AvgIpc) is 3.10. The lowest BCUT2D eigenvalue weighted by Crippen LogP contribution is -2.68. The Kier molecular flexibility index (Phi) is 4.99. The van der Waals surface area contributed by atoms with Gasteiger partial charge in [-0.05, 0) is 42.8 Å². The smallest absolute Gasteiger partial charge is 0.338 e. The Morgan fingerprint density at radius 1 is 1.13 bits per heavy atom. The van der Waals surface area contributed by atoms with Crippen LogP contribution in [0.4, 0.5) is 11.4 Å². The molecule has 8 nitrogen and oxygen atoms in total. The van der Waals surface area contributed by atoms with E-state index in [9.17, 15) is 19.2 Å². The number of hydrogen-bond acceptors (Lipinski definition) is 5. The standard InChI is InChI=1S/C22H21N3O5/c1-2-13-30-20(28)14-7-9-15(10-8-14)23-21(29)22-12-11-18(26)25(22)17-6-4-3-5-16(17)19(27)24-22/h3-10H,2,11-13H2,1H3,(H,23,29)(H,24,27). The summed E-state index contributed by atoms with van der Waals surface area (Å²) >= 11 is 0. The van der Waals surface area contributed by atoms with Crippen LogP contribution in [0.15, 0.2) is 48.5 Å². The van der Waals surface area contributed by atoms with E-state index < -0.39 is 23.4 Å². The fraction of sp³-hybridized carbons (Fsp3) is 0.273. The number of hydrogen-bond donors (Lipinski definition) is 2.